The summed E-state index contributed by atoms with van der Waals surface area (Å²) in [7, 11) is 0. The van der Waals surface area contributed by atoms with Crippen molar-refractivity contribution in [2.75, 3.05) is 4.72 Å². The zero-order chi connectivity index (χ0) is 28.4. The van der Waals surface area contributed by atoms with Gasteiger partial charge in [-0.1, -0.05) is 68.4 Å². The molecule has 5 rings (SSSR count). The number of anilines is 1. The fourth-order valence-corrected chi connectivity index (χ4v) is 5.24. The van der Waals surface area contributed by atoms with E-state index < -0.39 is 11.3 Å². The fourth-order valence-electron chi connectivity index (χ4n) is 4.92. The summed E-state index contributed by atoms with van der Waals surface area (Å²) in [4.78, 5) is 18.7. The van der Waals surface area contributed by atoms with E-state index in [1.165, 1.54) is 0 Å². The maximum absolute atomic E-state index is 13.9. The van der Waals surface area contributed by atoms with Crippen LogP contribution < -0.4 is 16.0 Å². The highest BCUT2D eigenvalue weighted by Crippen LogP contribution is 2.29. The van der Waals surface area contributed by atoms with Gasteiger partial charge in [-0.2, -0.15) is 0 Å². The molecule has 204 valence electrons. The lowest BCUT2D eigenvalue weighted by Gasteiger charge is -2.16. The van der Waals surface area contributed by atoms with Crippen LogP contribution in [0.15, 0.2) is 89.9 Å². The molecule has 0 saturated heterocycles. The van der Waals surface area contributed by atoms with Gasteiger partial charge in [-0.25, -0.2) is 9.19 Å². The molecule has 2 heterocycles. The van der Waals surface area contributed by atoms with E-state index in [0.717, 1.165) is 28.1 Å². The van der Waals surface area contributed by atoms with Crippen molar-refractivity contribution in [1.29, 1.82) is 5.41 Å². The number of pyridine rings is 1. The van der Waals surface area contributed by atoms with E-state index in [0.29, 0.717) is 35.4 Å². The van der Waals surface area contributed by atoms with Gasteiger partial charge >= 0.3 is 0 Å². The first-order chi connectivity index (χ1) is 19.2. The minimum absolute atomic E-state index is 0.0195. The standard InChI is InChI=1S/C30H30N6O3S/c1-19(2)29-33-26-13-14-35(17-20-7-5-10-22(15-20)28(31)32)30(37)27(26)36(29)18-23-8-3-4-12-25(23)21-9-6-11-24(16-21)34-40(38)39/h3-16,19,34H,17-18H2,1-2H3,(H3,31,32)(H,38,39). The van der Waals surface area contributed by atoms with Crippen molar-refractivity contribution >= 4 is 33.8 Å². The van der Waals surface area contributed by atoms with Crippen LogP contribution in [0.25, 0.3) is 22.2 Å². The molecule has 0 saturated carbocycles. The molecule has 10 heteroatoms. The molecule has 5 aromatic rings. The van der Waals surface area contributed by atoms with Crippen LogP contribution in [0.3, 0.4) is 0 Å². The van der Waals surface area contributed by atoms with Crippen molar-refractivity contribution in [3.8, 4) is 11.1 Å². The maximum Gasteiger partial charge on any atom is 0.277 e. The lowest BCUT2D eigenvalue weighted by Crippen LogP contribution is -2.23. The Morgan fingerprint density at radius 3 is 2.58 bits per heavy atom. The Bertz CT molecular complexity index is 1810. The molecule has 2 aromatic heterocycles. The van der Waals surface area contributed by atoms with Crippen molar-refractivity contribution in [3.05, 3.63) is 118 Å². The molecule has 9 nitrogen and oxygen atoms in total. The topological polar surface area (TPSA) is 139 Å². The molecule has 1 atom stereocenters. The van der Waals surface area contributed by atoms with Crippen LogP contribution in [0.1, 0.15) is 42.3 Å². The van der Waals surface area contributed by atoms with Crippen LogP contribution >= 0.6 is 0 Å². The summed E-state index contributed by atoms with van der Waals surface area (Å²) in [5, 5.41) is 7.73. The second kappa shape index (κ2) is 11.3. The van der Waals surface area contributed by atoms with Crippen LogP contribution in [0, 0.1) is 5.41 Å². The number of aromatic nitrogens is 3. The number of amidine groups is 1. The van der Waals surface area contributed by atoms with Crippen LogP contribution in [0.2, 0.25) is 0 Å². The minimum Gasteiger partial charge on any atom is -0.384 e. The molecule has 5 N–H and O–H groups in total. The monoisotopic (exact) mass is 554 g/mol. The van der Waals surface area contributed by atoms with Gasteiger partial charge < -0.3 is 14.9 Å². The third-order valence-electron chi connectivity index (χ3n) is 6.73. The Hall–Kier alpha value is -4.54. The molecular formula is C30H30N6O3S. The Morgan fingerprint density at radius 2 is 1.82 bits per heavy atom. The first kappa shape index (κ1) is 27.0. The van der Waals surface area contributed by atoms with E-state index in [-0.39, 0.29) is 17.3 Å². The minimum atomic E-state index is -2.18. The second-order valence-electron chi connectivity index (χ2n) is 9.90. The van der Waals surface area contributed by atoms with Gasteiger partial charge in [0.25, 0.3) is 16.8 Å². The second-order valence-corrected chi connectivity index (χ2v) is 10.6. The Balaban J connectivity index is 1.59. The smallest absolute Gasteiger partial charge is 0.277 e. The molecule has 0 bridgehead atoms. The SMILES string of the molecule is CC(C)c1nc2ccn(Cc3cccc(C(=N)N)c3)c(=O)c2n1Cc1ccccc1-c1cccc(NS(=O)O)c1. The lowest BCUT2D eigenvalue weighted by molar-refractivity contribution is 0.570. The largest absolute Gasteiger partial charge is 0.384 e. The van der Waals surface area contributed by atoms with Crippen LogP contribution in [-0.4, -0.2) is 28.7 Å². The zero-order valence-electron chi connectivity index (χ0n) is 22.2. The molecule has 0 fully saturated rings. The third-order valence-corrected chi connectivity index (χ3v) is 7.14. The summed E-state index contributed by atoms with van der Waals surface area (Å²) >= 11 is -2.18. The molecule has 1 unspecified atom stereocenters. The van der Waals surface area contributed by atoms with Crippen molar-refractivity contribution in [2.45, 2.75) is 32.9 Å². The average Bonchev–Trinajstić information content (AvgIpc) is 3.30. The van der Waals surface area contributed by atoms with Gasteiger partial charge in [0.05, 0.1) is 18.6 Å². The first-order valence-corrected chi connectivity index (χ1v) is 13.9. The Kier molecular flexibility index (Phi) is 7.63. The Morgan fingerprint density at radius 1 is 1.05 bits per heavy atom. The summed E-state index contributed by atoms with van der Waals surface area (Å²) in [5.74, 6) is 0.866. The molecule has 40 heavy (non-hydrogen) atoms. The van der Waals surface area contributed by atoms with Crippen molar-refractivity contribution in [3.63, 3.8) is 0 Å². The molecular weight excluding hydrogens is 524 g/mol. The van der Waals surface area contributed by atoms with Gasteiger partial charge in [0, 0.05) is 23.4 Å². The molecule has 0 spiro atoms. The number of rotatable bonds is 9. The highest BCUT2D eigenvalue weighted by Gasteiger charge is 2.19. The molecule has 0 aliphatic heterocycles. The lowest BCUT2D eigenvalue weighted by atomic mass is 9.99. The third kappa shape index (κ3) is 5.58. The summed E-state index contributed by atoms with van der Waals surface area (Å²) in [6, 6.07) is 24.4. The number of nitrogens with one attached hydrogen (secondary N) is 2. The number of hydrogen-bond donors (Lipinski definition) is 4. The molecule has 3 aromatic carbocycles. The first-order valence-electron chi connectivity index (χ1n) is 12.8. The number of benzene rings is 3. The summed E-state index contributed by atoms with van der Waals surface area (Å²) in [6.07, 6.45) is 1.75. The van der Waals surface area contributed by atoms with E-state index in [4.69, 9.17) is 16.1 Å². The number of nitrogens with two attached hydrogens (primary N) is 1. The summed E-state index contributed by atoms with van der Waals surface area (Å²) in [5.41, 5.74) is 11.5. The average molecular weight is 555 g/mol. The quantitative estimate of drug-likeness (QED) is 0.116. The number of nitrogen functional groups attached to an aromatic ring is 1. The van der Waals surface area contributed by atoms with Crippen molar-refractivity contribution < 1.29 is 8.76 Å². The van der Waals surface area contributed by atoms with Crippen LogP contribution in [0.5, 0.6) is 0 Å². The van der Waals surface area contributed by atoms with Gasteiger partial charge in [0.2, 0.25) is 0 Å². The number of nitrogens with zero attached hydrogens (tertiary/aromatic N) is 3. The van der Waals surface area contributed by atoms with E-state index >= 15 is 0 Å². The van der Waals surface area contributed by atoms with Crippen LogP contribution in [-0.2, 0) is 24.4 Å². The molecule has 0 amide bonds. The van der Waals surface area contributed by atoms with Gasteiger partial charge in [0.15, 0.2) is 0 Å². The number of fused-ring (bicyclic) bond motifs is 1. The molecule has 0 aliphatic rings. The highest BCUT2D eigenvalue weighted by molar-refractivity contribution is 7.80. The zero-order valence-corrected chi connectivity index (χ0v) is 23.0. The predicted molar refractivity (Wildman–Crippen MR) is 160 cm³/mol. The molecule has 0 radical (unpaired) electrons. The van der Waals surface area contributed by atoms with E-state index in [2.05, 4.69) is 18.6 Å². The maximum atomic E-state index is 13.9. The highest BCUT2D eigenvalue weighted by atomic mass is 32.2. The van der Waals surface area contributed by atoms with Gasteiger partial charge in [-0.15, -0.1) is 0 Å². The summed E-state index contributed by atoms with van der Waals surface area (Å²) in [6.45, 7) is 4.86. The van der Waals surface area contributed by atoms with Gasteiger partial charge in [-0.05, 0) is 46.5 Å². The Labute approximate surface area is 234 Å². The van der Waals surface area contributed by atoms with Crippen molar-refractivity contribution in [1.82, 2.24) is 14.1 Å². The van der Waals surface area contributed by atoms with Crippen molar-refractivity contribution in [2.24, 2.45) is 5.73 Å². The normalized spacial score (nSPS) is 12.1. The van der Waals surface area contributed by atoms with Gasteiger partial charge in [-0.3, -0.25) is 19.5 Å². The van der Waals surface area contributed by atoms with E-state index in [9.17, 15) is 13.6 Å². The van der Waals surface area contributed by atoms with Gasteiger partial charge in [0.1, 0.15) is 17.2 Å². The predicted octanol–water partition coefficient (Wildman–Crippen LogP) is 4.92. The number of imidazole rings is 1. The van der Waals surface area contributed by atoms with Crippen LogP contribution in [0.4, 0.5) is 5.69 Å². The number of hydrogen-bond acceptors (Lipinski definition) is 4. The molecule has 0 aliphatic carbocycles. The fraction of sp³-hybridized carbons (Fsp3) is 0.167. The van der Waals surface area contributed by atoms with E-state index in [1.807, 2.05) is 71.3 Å². The van der Waals surface area contributed by atoms with E-state index in [1.54, 1.807) is 22.9 Å². The summed E-state index contributed by atoms with van der Waals surface area (Å²) < 4.78 is 26.7.